The molecule has 0 saturated carbocycles. The molecule has 0 fully saturated rings. The van der Waals surface area contributed by atoms with Crippen molar-refractivity contribution >= 4 is 34.7 Å². The third-order valence-corrected chi connectivity index (χ3v) is 6.56. The highest BCUT2D eigenvalue weighted by Crippen LogP contribution is 2.32. The smallest absolute Gasteiger partial charge is 0.338 e. The van der Waals surface area contributed by atoms with Crippen molar-refractivity contribution < 1.29 is 14.3 Å². The van der Waals surface area contributed by atoms with Crippen molar-refractivity contribution in [3.63, 3.8) is 0 Å². The van der Waals surface area contributed by atoms with Gasteiger partial charge in [-0.15, -0.1) is 11.3 Å². The number of ether oxygens (including phenoxy) is 2. The van der Waals surface area contributed by atoms with Crippen LogP contribution in [0.3, 0.4) is 0 Å². The largest absolute Gasteiger partial charge is 0.497 e. The zero-order valence-electron chi connectivity index (χ0n) is 16.0. The Morgan fingerprint density at radius 3 is 2.59 bits per heavy atom. The topological polar surface area (TPSA) is 69.9 Å². The summed E-state index contributed by atoms with van der Waals surface area (Å²) in [7, 11) is 2.95. The van der Waals surface area contributed by atoms with Gasteiger partial charge in [0.2, 0.25) is 0 Å². The molecule has 0 unspecified atom stereocenters. The summed E-state index contributed by atoms with van der Waals surface area (Å²) in [6.07, 6.45) is 1.83. The average Bonchev–Trinajstić information content (AvgIpc) is 3.36. The molecule has 0 saturated heterocycles. The Hall–Kier alpha value is -2.97. The molecule has 8 heteroatoms. The van der Waals surface area contributed by atoms with E-state index in [2.05, 4.69) is 4.99 Å². The van der Waals surface area contributed by atoms with E-state index in [0.29, 0.717) is 20.6 Å². The zero-order chi connectivity index (χ0) is 20.5. The molecule has 0 amide bonds. The molecule has 0 spiro atoms. The third-order valence-electron chi connectivity index (χ3n) is 4.65. The van der Waals surface area contributed by atoms with Gasteiger partial charge in [-0.2, -0.15) is 0 Å². The first-order valence-corrected chi connectivity index (χ1v) is 10.5. The molecule has 0 bridgehead atoms. The molecule has 0 N–H and O–H groups in total. The Labute approximate surface area is 174 Å². The molecule has 0 radical (unpaired) electrons. The van der Waals surface area contributed by atoms with Gasteiger partial charge in [0.1, 0.15) is 11.8 Å². The molecule has 1 atom stereocenters. The lowest BCUT2D eigenvalue weighted by Crippen LogP contribution is -2.39. The number of nitrogens with zero attached hydrogens (tertiary/aromatic N) is 2. The Balaban J connectivity index is 1.92. The van der Waals surface area contributed by atoms with Crippen molar-refractivity contribution in [1.29, 1.82) is 0 Å². The molecule has 6 nitrogen and oxygen atoms in total. The number of aromatic nitrogens is 1. The van der Waals surface area contributed by atoms with Crippen LogP contribution in [0, 0.1) is 0 Å². The summed E-state index contributed by atoms with van der Waals surface area (Å²) in [4.78, 5) is 31.8. The molecule has 3 aromatic rings. The molecule has 3 heterocycles. The van der Waals surface area contributed by atoms with Gasteiger partial charge < -0.3 is 9.47 Å². The monoisotopic (exact) mass is 426 g/mol. The number of methoxy groups -OCH3 is 2. The fourth-order valence-corrected chi connectivity index (χ4v) is 5.13. The van der Waals surface area contributed by atoms with Gasteiger partial charge in [-0.3, -0.25) is 9.36 Å². The summed E-state index contributed by atoms with van der Waals surface area (Å²) in [5.41, 5.74) is 1.65. The molecule has 1 aliphatic rings. The molecule has 1 aromatic carbocycles. The molecule has 1 aliphatic heterocycles. The minimum atomic E-state index is -0.545. The Bertz CT molecular complexity index is 1270. The average molecular weight is 427 g/mol. The predicted octanol–water partition coefficient (Wildman–Crippen LogP) is 2.48. The highest BCUT2D eigenvalue weighted by molar-refractivity contribution is 7.10. The van der Waals surface area contributed by atoms with Crippen LogP contribution in [0.1, 0.15) is 23.4 Å². The van der Waals surface area contributed by atoms with Gasteiger partial charge in [0.25, 0.3) is 5.56 Å². The van der Waals surface area contributed by atoms with Gasteiger partial charge in [0.15, 0.2) is 4.80 Å². The van der Waals surface area contributed by atoms with Crippen LogP contribution in [0.15, 0.2) is 62.8 Å². The minimum absolute atomic E-state index is 0.183. The second-order valence-corrected chi connectivity index (χ2v) is 8.35. The highest BCUT2D eigenvalue weighted by Gasteiger charge is 2.33. The predicted molar refractivity (Wildman–Crippen MR) is 113 cm³/mol. The highest BCUT2D eigenvalue weighted by atomic mass is 32.1. The van der Waals surface area contributed by atoms with Crippen LogP contribution in [0.5, 0.6) is 5.75 Å². The molecule has 29 heavy (non-hydrogen) atoms. The second kappa shape index (κ2) is 7.81. The van der Waals surface area contributed by atoms with Gasteiger partial charge in [-0.1, -0.05) is 29.5 Å². The Morgan fingerprint density at radius 2 is 1.97 bits per heavy atom. The number of carbonyl (C=O) groups excluding carboxylic acids is 1. The van der Waals surface area contributed by atoms with Gasteiger partial charge in [0, 0.05) is 4.88 Å². The van der Waals surface area contributed by atoms with Crippen molar-refractivity contribution in [2.45, 2.75) is 13.0 Å². The normalized spacial score (nSPS) is 16.4. The number of fused-ring (bicyclic) bond motifs is 1. The van der Waals surface area contributed by atoms with Crippen molar-refractivity contribution in [2.24, 2.45) is 4.99 Å². The fourth-order valence-electron chi connectivity index (χ4n) is 3.26. The summed E-state index contributed by atoms with van der Waals surface area (Å²) in [6, 6.07) is 10.7. The third kappa shape index (κ3) is 3.45. The number of benzene rings is 1. The first-order chi connectivity index (χ1) is 14.0. The van der Waals surface area contributed by atoms with Crippen LogP contribution < -0.4 is 19.6 Å². The van der Waals surface area contributed by atoms with Crippen molar-refractivity contribution in [3.8, 4) is 5.75 Å². The molecule has 0 aliphatic carbocycles. The maximum atomic E-state index is 13.3. The van der Waals surface area contributed by atoms with E-state index in [-0.39, 0.29) is 5.56 Å². The van der Waals surface area contributed by atoms with Gasteiger partial charge in [0.05, 0.1) is 30.0 Å². The summed E-state index contributed by atoms with van der Waals surface area (Å²) >= 11 is 2.80. The van der Waals surface area contributed by atoms with Crippen LogP contribution in [0.2, 0.25) is 0 Å². The fraction of sp³-hybridized carbons (Fsp3) is 0.190. The van der Waals surface area contributed by atoms with Crippen LogP contribution in [0.4, 0.5) is 0 Å². The van der Waals surface area contributed by atoms with Crippen molar-refractivity contribution in [2.75, 3.05) is 14.2 Å². The second-order valence-electron chi connectivity index (χ2n) is 6.36. The minimum Gasteiger partial charge on any atom is -0.497 e. The van der Waals surface area contributed by atoms with E-state index >= 15 is 0 Å². The van der Waals surface area contributed by atoms with E-state index < -0.39 is 12.0 Å². The quantitative estimate of drug-likeness (QED) is 0.601. The Kier molecular flexibility index (Phi) is 5.21. The lowest BCUT2D eigenvalue weighted by molar-refractivity contribution is -0.136. The van der Waals surface area contributed by atoms with Crippen molar-refractivity contribution in [3.05, 3.63) is 83.2 Å². The molecular weight excluding hydrogens is 408 g/mol. The SMILES string of the molecule is COC(=O)C1=C(C)N=c2s/c(=C\c3ccc(OC)cc3)c(=O)n2[C@H]1c1cccs1. The lowest BCUT2D eigenvalue weighted by Gasteiger charge is -2.22. The number of hydrogen-bond donors (Lipinski definition) is 0. The molecular formula is C21H18N2O4S2. The number of hydrogen-bond acceptors (Lipinski definition) is 7. The number of esters is 1. The number of thiophene rings is 1. The van der Waals surface area contributed by atoms with E-state index in [9.17, 15) is 9.59 Å². The van der Waals surface area contributed by atoms with Crippen LogP contribution in [-0.4, -0.2) is 24.8 Å². The Morgan fingerprint density at radius 1 is 1.21 bits per heavy atom. The number of allylic oxidation sites excluding steroid dienone is 1. The standard InChI is InChI=1S/C21H18N2O4S2/c1-12-17(20(25)27-3)18(15-5-4-10-28-15)23-19(24)16(29-21(23)22-12)11-13-6-8-14(26-2)9-7-13/h4-11,18H,1-3H3/b16-11-/t18-/m0/s1. The number of thiazole rings is 1. The first-order valence-electron chi connectivity index (χ1n) is 8.82. The van der Waals surface area contributed by atoms with Crippen LogP contribution in [0.25, 0.3) is 6.08 Å². The van der Waals surface area contributed by atoms with Crippen LogP contribution >= 0.6 is 22.7 Å². The van der Waals surface area contributed by atoms with Gasteiger partial charge in [-0.25, -0.2) is 9.79 Å². The summed E-state index contributed by atoms with van der Waals surface area (Å²) in [5, 5.41) is 1.92. The van der Waals surface area contributed by atoms with Gasteiger partial charge >= 0.3 is 5.97 Å². The van der Waals surface area contributed by atoms with Gasteiger partial charge in [-0.05, 0) is 42.1 Å². The summed E-state index contributed by atoms with van der Waals surface area (Å²) in [5.74, 6) is 0.272. The van der Waals surface area contributed by atoms with Crippen LogP contribution in [-0.2, 0) is 9.53 Å². The molecule has 2 aromatic heterocycles. The lowest BCUT2D eigenvalue weighted by atomic mass is 10.0. The summed E-state index contributed by atoms with van der Waals surface area (Å²) < 4.78 is 12.3. The van der Waals surface area contributed by atoms with E-state index in [4.69, 9.17) is 9.47 Å². The maximum Gasteiger partial charge on any atom is 0.338 e. The first kappa shape index (κ1) is 19.4. The maximum absolute atomic E-state index is 13.3. The van der Waals surface area contributed by atoms with E-state index in [1.807, 2.05) is 47.9 Å². The number of carbonyl (C=O) groups is 1. The van der Waals surface area contributed by atoms with E-state index in [1.165, 1.54) is 29.8 Å². The summed E-state index contributed by atoms with van der Waals surface area (Å²) in [6.45, 7) is 1.77. The number of rotatable bonds is 4. The van der Waals surface area contributed by atoms with E-state index in [1.54, 1.807) is 18.6 Å². The van der Waals surface area contributed by atoms with E-state index in [0.717, 1.165) is 16.2 Å². The molecule has 4 rings (SSSR count). The zero-order valence-corrected chi connectivity index (χ0v) is 17.7. The van der Waals surface area contributed by atoms with Crippen molar-refractivity contribution in [1.82, 2.24) is 4.57 Å². The molecule has 148 valence electrons.